The van der Waals surface area contributed by atoms with Gasteiger partial charge in [-0.05, 0) is 18.3 Å². The minimum Gasteiger partial charge on any atom is -0.370 e. The van der Waals surface area contributed by atoms with Crippen LogP contribution >= 0.6 is 0 Å². The van der Waals surface area contributed by atoms with Gasteiger partial charge >= 0.3 is 0 Å². The molecule has 0 saturated carbocycles. The zero-order valence-corrected chi connectivity index (χ0v) is 13.9. The lowest BCUT2D eigenvalue weighted by Crippen LogP contribution is -2.15. The Labute approximate surface area is 129 Å². The van der Waals surface area contributed by atoms with Gasteiger partial charge in [-0.2, -0.15) is 0 Å². The maximum Gasteiger partial charge on any atom is 0.148 e. The van der Waals surface area contributed by atoms with Crippen LogP contribution in [0.2, 0.25) is 0 Å². The molecule has 1 aromatic heterocycles. The molecule has 21 heavy (non-hydrogen) atoms. The van der Waals surface area contributed by atoms with Crippen molar-refractivity contribution in [3.8, 4) is 0 Å². The van der Waals surface area contributed by atoms with Crippen molar-refractivity contribution in [3.63, 3.8) is 0 Å². The molecule has 0 spiro atoms. The summed E-state index contributed by atoms with van der Waals surface area (Å²) < 4.78 is 0. The lowest BCUT2D eigenvalue weighted by Gasteiger charge is -2.16. The molecule has 0 fully saturated rings. The predicted molar refractivity (Wildman–Crippen MR) is 90.3 cm³/mol. The van der Waals surface area contributed by atoms with Gasteiger partial charge in [0.05, 0.1) is 0 Å². The summed E-state index contributed by atoms with van der Waals surface area (Å²) in [6.45, 7) is 9.76. The first kappa shape index (κ1) is 17.7. The monoisotopic (exact) mass is 293 g/mol. The second kappa shape index (κ2) is 9.55. The molecule has 0 aliphatic heterocycles. The Kier molecular flexibility index (Phi) is 8.05. The maximum absolute atomic E-state index is 5.52. The molecule has 4 N–H and O–H groups in total. The van der Waals surface area contributed by atoms with Crippen LogP contribution in [0.1, 0.15) is 71.3 Å². The highest BCUT2D eigenvalue weighted by Gasteiger charge is 2.13. The number of nitrogens with one attached hydrogen (secondary N) is 2. The summed E-state index contributed by atoms with van der Waals surface area (Å²) in [5.74, 6) is 8.27. The molecule has 1 aromatic rings. The van der Waals surface area contributed by atoms with Crippen molar-refractivity contribution in [2.24, 2.45) is 11.8 Å². The fourth-order valence-corrected chi connectivity index (χ4v) is 2.44. The van der Waals surface area contributed by atoms with Crippen molar-refractivity contribution in [2.75, 3.05) is 17.3 Å². The SMILES string of the molecule is CC(C)CCCCCCNc1ncnc(NN)c1C(C)C. The highest BCUT2D eigenvalue weighted by Crippen LogP contribution is 2.27. The van der Waals surface area contributed by atoms with Gasteiger partial charge in [0.2, 0.25) is 0 Å². The third-order valence-electron chi connectivity index (χ3n) is 3.60. The van der Waals surface area contributed by atoms with Crippen LogP contribution in [0.4, 0.5) is 11.6 Å². The van der Waals surface area contributed by atoms with Gasteiger partial charge in [-0.1, -0.05) is 53.4 Å². The van der Waals surface area contributed by atoms with Crippen LogP contribution in [-0.4, -0.2) is 16.5 Å². The molecule has 0 aliphatic rings. The summed E-state index contributed by atoms with van der Waals surface area (Å²) in [5.41, 5.74) is 3.71. The summed E-state index contributed by atoms with van der Waals surface area (Å²) in [7, 11) is 0. The number of nitrogens with zero attached hydrogens (tertiary/aromatic N) is 2. The van der Waals surface area contributed by atoms with Crippen molar-refractivity contribution in [3.05, 3.63) is 11.9 Å². The van der Waals surface area contributed by atoms with Gasteiger partial charge in [-0.25, -0.2) is 15.8 Å². The standard InChI is InChI=1S/C16H31N5/c1-12(2)9-7-5-6-8-10-18-15-14(13(3)4)16(21-17)20-11-19-15/h11-13H,5-10,17H2,1-4H3,(H2,18,19,20,21). The first-order valence-corrected chi connectivity index (χ1v) is 8.11. The fourth-order valence-electron chi connectivity index (χ4n) is 2.44. The highest BCUT2D eigenvalue weighted by molar-refractivity contribution is 5.58. The molecule has 0 amide bonds. The molecule has 0 unspecified atom stereocenters. The lowest BCUT2D eigenvalue weighted by atomic mass is 10.0. The number of anilines is 2. The number of hydrazine groups is 1. The van der Waals surface area contributed by atoms with Crippen LogP contribution in [0.5, 0.6) is 0 Å². The lowest BCUT2D eigenvalue weighted by molar-refractivity contribution is 0.523. The van der Waals surface area contributed by atoms with E-state index in [1.165, 1.54) is 32.1 Å². The summed E-state index contributed by atoms with van der Waals surface area (Å²) in [6.07, 6.45) is 7.98. The summed E-state index contributed by atoms with van der Waals surface area (Å²) in [5, 5.41) is 3.42. The normalized spacial score (nSPS) is 11.2. The van der Waals surface area contributed by atoms with E-state index in [0.717, 1.165) is 23.8 Å². The van der Waals surface area contributed by atoms with Crippen molar-refractivity contribution in [1.29, 1.82) is 0 Å². The molecule has 120 valence electrons. The molecule has 0 aromatic carbocycles. The number of nitrogens with two attached hydrogens (primary N) is 1. The number of aromatic nitrogens is 2. The zero-order chi connectivity index (χ0) is 15.7. The number of hydrogen-bond donors (Lipinski definition) is 3. The molecular formula is C16H31N5. The Morgan fingerprint density at radius 1 is 1.00 bits per heavy atom. The molecule has 5 heteroatoms. The summed E-state index contributed by atoms with van der Waals surface area (Å²) >= 11 is 0. The zero-order valence-electron chi connectivity index (χ0n) is 13.9. The molecular weight excluding hydrogens is 262 g/mol. The Balaban J connectivity index is 2.38. The van der Waals surface area contributed by atoms with Gasteiger partial charge < -0.3 is 10.7 Å². The van der Waals surface area contributed by atoms with E-state index >= 15 is 0 Å². The van der Waals surface area contributed by atoms with Gasteiger partial charge in [0.15, 0.2) is 0 Å². The molecule has 0 radical (unpaired) electrons. The van der Waals surface area contributed by atoms with E-state index in [1.807, 2.05) is 0 Å². The number of nitrogen functional groups attached to an aromatic ring is 1. The molecule has 5 nitrogen and oxygen atoms in total. The minimum absolute atomic E-state index is 0.325. The third kappa shape index (κ3) is 6.29. The Morgan fingerprint density at radius 3 is 2.29 bits per heavy atom. The Hall–Kier alpha value is -1.36. The Bertz CT molecular complexity index is 404. The number of rotatable bonds is 10. The van der Waals surface area contributed by atoms with E-state index in [2.05, 4.69) is 48.4 Å². The highest BCUT2D eigenvalue weighted by atomic mass is 15.3. The molecule has 0 aliphatic carbocycles. The first-order chi connectivity index (χ1) is 10.1. The van der Waals surface area contributed by atoms with Gasteiger partial charge in [-0.3, -0.25) is 0 Å². The van der Waals surface area contributed by atoms with Crippen molar-refractivity contribution in [1.82, 2.24) is 9.97 Å². The molecule has 0 saturated heterocycles. The quantitative estimate of drug-likeness (QED) is 0.346. The van der Waals surface area contributed by atoms with Crippen molar-refractivity contribution < 1.29 is 0 Å². The van der Waals surface area contributed by atoms with Crippen LogP contribution in [-0.2, 0) is 0 Å². The van der Waals surface area contributed by atoms with Crippen LogP contribution in [0.25, 0.3) is 0 Å². The molecule has 0 bridgehead atoms. The maximum atomic E-state index is 5.52. The molecule has 1 heterocycles. The van der Waals surface area contributed by atoms with Gasteiger partial charge in [0.25, 0.3) is 0 Å². The van der Waals surface area contributed by atoms with Crippen LogP contribution in [0.15, 0.2) is 6.33 Å². The summed E-state index contributed by atoms with van der Waals surface area (Å²) in [6, 6.07) is 0. The fraction of sp³-hybridized carbons (Fsp3) is 0.750. The first-order valence-electron chi connectivity index (χ1n) is 8.11. The Morgan fingerprint density at radius 2 is 1.67 bits per heavy atom. The minimum atomic E-state index is 0.325. The van der Waals surface area contributed by atoms with E-state index in [1.54, 1.807) is 6.33 Å². The summed E-state index contributed by atoms with van der Waals surface area (Å²) in [4.78, 5) is 8.53. The van der Waals surface area contributed by atoms with Crippen LogP contribution in [0, 0.1) is 5.92 Å². The van der Waals surface area contributed by atoms with Gasteiger partial charge in [0, 0.05) is 12.1 Å². The average Bonchev–Trinajstić information content (AvgIpc) is 2.45. The number of unbranched alkanes of at least 4 members (excludes halogenated alkanes) is 3. The van der Waals surface area contributed by atoms with Gasteiger partial charge in [0.1, 0.15) is 18.0 Å². The van der Waals surface area contributed by atoms with E-state index < -0.39 is 0 Å². The third-order valence-corrected chi connectivity index (χ3v) is 3.60. The smallest absolute Gasteiger partial charge is 0.148 e. The largest absolute Gasteiger partial charge is 0.370 e. The second-order valence-corrected chi connectivity index (χ2v) is 6.31. The molecule has 0 atom stereocenters. The average molecular weight is 293 g/mol. The van der Waals surface area contributed by atoms with E-state index in [4.69, 9.17) is 5.84 Å². The second-order valence-electron chi connectivity index (χ2n) is 6.31. The van der Waals surface area contributed by atoms with E-state index in [-0.39, 0.29) is 0 Å². The van der Waals surface area contributed by atoms with Crippen LogP contribution in [0.3, 0.4) is 0 Å². The van der Waals surface area contributed by atoms with Gasteiger partial charge in [-0.15, -0.1) is 0 Å². The van der Waals surface area contributed by atoms with Crippen molar-refractivity contribution in [2.45, 2.75) is 65.7 Å². The number of hydrogen-bond acceptors (Lipinski definition) is 5. The predicted octanol–water partition coefficient (Wildman–Crippen LogP) is 3.90. The van der Waals surface area contributed by atoms with E-state index in [0.29, 0.717) is 11.7 Å². The van der Waals surface area contributed by atoms with Crippen LogP contribution < -0.4 is 16.6 Å². The molecule has 1 rings (SSSR count). The van der Waals surface area contributed by atoms with Crippen molar-refractivity contribution >= 4 is 11.6 Å². The van der Waals surface area contributed by atoms with E-state index in [9.17, 15) is 0 Å². The topological polar surface area (TPSA) is 75.9 Å².